The average Bonchev–Trinajstić information content (AvgIpc) is 3.33. The molecule has 1 saturated heterocycles. The van der Waals surface area contributed by atoms with Crippen LogP contribution in [0.5, 0.6) is 11.5 Å². The molecule has 0 unspecified atom stereocenters. The van der Waals surface area contributed by atoms with Gasteiger partial charge in [0, 0.05) is 29.4 Å². The molecule has 3 heterocycles. The van der Waals surface area contributed by atoms with Gasteiger partial charge in [-0.25, -0.2) is 0 Å². The van der Waals surface area contributed by atoms with Crippen LogP contribution in [0.2, 0.25) is 0 Å². The maximum Gasteiger partial charge on any atom is 0.220 e. The molecule has 3 aliphatic carbocycles. The Bertz CT molecular complexity index is 1130. The molecule has 2 saturated carbocycles. The van der Waals surface area contributed by atoms with Gasteiger partial charge in [-0.1, -0.05) is 12.1 Å². The summed E-state index contributed by atoms with van der Waals surface area (Å²) in [5.74, 6) is 1.48. The van der Waals surface area contributed by atoms with Gasteiger partial charge in [-0.2, -0.15) is 0 Å². The third-order valence-corrected chi connectivity index (χ3v) is 10.2. The van der Waals surface area contributed by atoms with Gasteiger partial charge in [0.25, 0.3) is 0 Å². The van der Waals surface area contributed by atoms with Gasteiger partial charge >= 0.3 is 0 Å². The highest BCUT2D eigenvalue weighted by Gasteiger charge is 2.73. The summed E-state index contributed by atoms with van der Waals surface area (Å²) in [5, 5.41) is 28.5. The van der Waals surface area contributed by atoms with Crippen LogP contribution in [0.25, 0.3) is 0 Å². The largest absolute Gasteiger partial charge is 0.504 e. The van der Waals surface area contributed by atoms with Crippen LogP contribution >= 0.6 is 11.3 Å². The van der Waals surface area contributed by atoms with E-state index >= 15 is 0 Å². The summed E-state index contributed by atoms with van der Waals surface area (Å²) in [6, 6.07) is 7.73. The number of ether oxygens (including phenoxy) is 1. The molecular weight excluding hydrogens is 448 g/mol. The number of aromatic hydroxyl groups is 1. The Kier molecular flexibility index (Phi) is 4.65. The molecule has 2 aliphatic heterocycles. The maximum absolute atomic E-state index is 12.9. The lowest BCUT2D eigenvalue weighted by Gasteiger charge is -2.64. The molecule has 3 N–H and O–H groups in total. The number of carbonyl (C=O) groups excluding carboxylic acids is 1. The molecule has 5 atom stereocenters. The summed E-state index contributed by atoms with van der Waals surface area (Å²) in [7, 11) is 0. The highest BCUT2D eigenvalue weighted by atomic mass is 32.1. The first-order chi connectivity index (χ1) is 16.5. The molecule has 5 aliphatic rings. The number of hydrogen-bond donors (Lipinski definition) is 3. The van der Waals surface area contributed by atoms with Crippen molar-refractivity contribution in [3.8, 4) is 11.5 Å². The second-order valence-corrected chi connectivity index (χ2v) is 12.1. The zero-order valence-electron chi connectivity index (χ0n) is 19.3. The van der Waals surface area contributed by atoms with E-state index in [4.69, 9.17) is 4.74 Å². The van der Waals surface area contributed by atoms with Crippen LogP contribution in [0.15, 0.2) is 29.6 Å². The van der Waals surface area contributed by atoms with Crippen LogP contribution in [0, 0.1) is 5.92 Å². The maximum atomic E-state index is 12.9. The van der Waals surface area contributed by atoms with E-state index in [0.717, 1.165) is 43.8 Å². The molecule has 1 spiro atoms. The van der Waals surface area contributed by atoms with Crippen LogP contribution in [0.4, 0.5) is 0 Å². The van der Waals surface area contributed by atoms with Gasteiger partial charge in [0.15, 0.2) is 11.5 Å². The number of benzene rings is 1. The summed E-state index contributed by atoms with van der Waals surface area (Å²) in [4.78, 5) is 16.7. The van der Waals surface area contributed by atoms with Crippen molar-refractivity contribution in [1.82, 2.24) is 10.2 Å². The van der Waals surface area contributed by atoms with E-state index < -0.39 is 11.0 Å². The Hall–Kier alpha value is -2.09. The first kappa shape index (κ1) is 21.2. The van der Waals surface area contributed by atoms with E-state index in [1.54, 1.807) is 17.4 Å². The summed E-state index contributed by atoms with van der Waals surface area (Å²) >= 11 is 1.68. The zero-order chi connectivity index (χ0) is 23.1. The fourth-order valence-corrected chi connectivity index (χ4v) is 8.31. The molecule has 2 aromatic rings. The number of piperidine rings is 1. The van der Waals surface area contributed by atoms with Crippen LogP contribution < -0.4 is 10.1 Å². The van der Waals surface area contributed by atoms with Crippen molar-refractivity contribution in [3.05, 3.63) is 45.6 Å². The smallest absolute Gasteiger partial charge is 0.220 e. The van der Waals surface area contributed by atoms with Crippen molar-refractivity contribution >= 4 is 17.2 Å². The Morgan fingerprint density at radius 2 is 2.12 bits per heavy atom. The third kappa shape index (κ3) is 2.90. The average molecular weight is 481 g/mol. The van der Waals surface area contributed by atoms with Crippen LogP contribution in [0.3, 0.4) is 0 Å². The first-order valence-corrected chi connectivity index (χ1v) is 13.7. The molecule has 1 amide bonds. The minimum absolute atomic E-state index is 0.0303. The van der Waals surface area contributed by atoms with E-state index in [0.29, 0.717) is 25.0 Å². The molecule has 180 valence electrons. The quantitative estimate of drug-likeness (QED) is 0.592. The number of nitrogens with one attached hydrogen (secondary N) is 1. The SMILES string of the molecule is O=C(CCc1cccs1)N[C@H]1CC[C@@]2(O)[C@H]3Cc4ccc(O)c5c4[C@@]2(CCN3CC2CC2)[C@H]1O5. The number of likely N-dealkylation sites (tertiary alicyclic amines) is 1. The number of phenolic OH excluding ortho intramolecular Hbond substituents is 1. The Labute approximate surface area is 203 Å². The Morgan fingerprint density at radius 3 is 2.91 bits per heavy atom. The number of thiophene rings is 1. The second kappa shape index (κ2) is 7.45. The number of phenols is 1. The van der Waals surface area contributed by atoms with Gasteiger partial charge in [0.2, 0.25) is 5.91 Å². The molecule has 1 aromatic carbocycles. The number of nitrogens with zero attached hydrogens (tertiary/aromatic N) is 1. The van der Waals surface area contributed by atoms with E-state index in [2.05, 4.69) is 16.3 Å². The summed E-state index contributed by atoms with van der Waals surface area (Å²) in [6.07, 6.45) is 6.34. The number of rotatable bonds is 6. The van der Waals surface area contributed by atoms with Crippen LogP contribution in [0.1, 0.15) is 54.5 Å². The van der Waals surface area contributed by atoms with Gasteiger partial charge in [-0.3, -0.25) is 9.69 Å². The molecule has 1 aromatic heterocycles. The van der Waals surface area contributed by atoms with Crippen molar-refractivity contribution in [2.45, 2.75) is 80.6 Å². The zero-order valence-corrected chi connectivity index (χ0v) is 20.2. The number of amides is 1. The Morgan fingerprint density at radius 1 is 1.24 bits per heavy atom. The van der Waals surface area contributed by atoms with Crippen molar-refractivity contribution < 1.29 is 19.7 Å². The standard InChI is InChI=1S/C27H32N2O4S/c30-20-7-5-17-14-21-27(32)10-9-19(28-22(31)8-6-18-2-1-13-34-18)25-26(27,23(17)24(20)33-25)11-12-29(21)15-16-3-4-16/h1-2,5,7,13,16,19,21,25,30,32H,3-4,6,8-12,14-15H2,(H,28,31)/t19-,21+,25-,26-,27+/m0/s1. The Balaban J connectivity index is 1.22. The second-order valence-electron chi connectivity index (χ2n) is 11.1. The molecule has 3 fully saturated rings. The fourth-order valence-electron chi connectivity index (χ4n) is 7.60. The van der Waals surface area contributed by atoms with Crippen molar-refractivity contribution in [3.63, 3.8) is 0 Å². The van der Waals surface area contributed by atoms with E-state index in [-0.39, 0.29) is 29.8 Å². The molecular formula is C27H32N2O4S. The lowest BCUT2D eigenvalue weighted by molar-refractivity contribution is -0.192. The van der Waals surface area contributed by atoms with Gasteiger partial charge in [-0.15, -0.1) is 11.3 Å². The fraction of sp³-hybridized carbons (Fsp3) is 0.593. The number of hydrogen-bond acceptors (Lipinski definition) is 6. The minimum atomic E-state index is -0.908. The summed E-state index contributed by atoms with van der Waals surface area (Å²) < 4.78 is 6.53. The lowest BCUT2D eigenvalue weighted by Crippen LogP contribution is -2.78. The minimum Gasteiger partial charge on any atom is -0.504 e. The van der Waals surface area contributed by atoms with Crippen molar-refractivity contribution in [2.24, 2.45) is 5.92 Å². The highest BCUT2D eigenvalue weighted by molar-refractivity contribution is 7.09. The van der Waals surface area contributed by atoms with Crippen molar-refractivity contribution in [1.29, 1.82) is 0 Å². The van der Waals surface area contributed by atoms with Crippen molar-refractivity contribution in [2.75, 3.05) is 13.1 Å². The van der Waals surface area contributed by atoms with E-state index in [1.165, 1.54) is 23.3 Å². The summed E-state index contributed by atoms with van der Waals surface area (Å²) in [5.41, 5.74) is 0.716. The molecule has 6 nitrogen and oxygen atoms in total. The van der Waals surface area contributed by atoms with E-state index in [9.17, 15) is 15.0 Å². The topological polar surface area (TPSA) is 82.0 Å². The number of carbonyl (C=O) groups is 1. The van der Waals surface area contributed by atoms with Crippen LogP contribution in [-0.2, 0) is 23.1 Å². The molecule has 34 heavy (non-hydrogen) atoms. The van der Waals surface area contributed by atoms with Gasteiger partial charge in [0.05, 0.1) is 17.1 Å². The predicted octanol–water partition coefficient (Wildman–Crippen LogP) is 3.14. The highest BCUT2D eigenvalue weighted by Crippen LogP contribution is 2.65. The van der Waals surface area contributed by atoms with Gasteiger partial charge in [-0.05, 0) is 80.5 Å². The van der Waals surface area contributed by atoms with Gasteiger partial charge in [0.1, 0.15) is 6.10 Å². The molecule has 7 heteroatoms. The van der Waals surface area contributed by atoms with E-state index in [1.807, 2.05) is 17.5 Å². The van der Waals surface area contributed by atoms with Gasteiger partial charge < -0.3 is 20.3 Å². The normalized spacial score (nSPS) is 35.5. The van der Waals surface area contributed by atoms with Crippen LogP contribution in [-0.4, -0.2) is 57.9 Å². The summed E-state index contributed by atoms with van der Waals surface area (Å²) in [6.45, 7) is 1.99. The first-order valence-electron chi connectivity index (χ1n) is 12.8. The molecule has 2 bridgehead atoms. The third-order valence-electron chi connectivity index (χ3n) is 9.29. The predicted molar refractivity (Wildman–Crippen MR) is 129 cm³/mol. The molecule has 7 rings (SSSR count). The number of aryl methyl sites for hydroxylation is 1. The molecule has 0 radical (unpaired) electrons. The monoisotopic (exact) mass is 480 g/mol. The number of aliphatic hydroxyl groups is 1. The lowest BCUT2D eigenvalue weighted by atomic mass is 9.48.